The Labute approximate surface area is 170 Å². The van der Waals surface area contributed by atoms with Crippen molar-refractivity contribution in [3.8, 4) is 5.75 Å². The van der Waals surface area contributed by atoms with Gasteiger partial charge in [-0.3, -0.25) is 9.79 Å². The Balaban J connectivity index is 0.00000312. The third-order valence-corrected chi connectivity index (χ3v) is 5.12. The van der Waals surface area contributed by atoms with Crippen LogP contribution in [0.15, 0.2) is 29.3 Å². The van der Waals surface area contributed by atoms with Gasteiger partial charge in [0.2, 0.25) is 0 Å². The summed E-state index contributed by atoms with van der Waals surface area (Å²) in [4.78, 5) is 15.1. The molecule has 0 saturated heterocycles. The Morgan fingerprint density at radius 2 is 2.24 bits per heavy atom. The molecule has 0 aliphatic heterocycles. The van der Waals surface area contributed by atoms with Gasteiger partial charge in [-0.2, -0.15) is 11.8 Å². The first kappa shape index (κ1) is 21.9. The van der Waals surface area contributed by atoms with Gasteiger partial charge >= 0.3 is 0 Å². The molecule has 0 spiro atoms. The summed E-state index contributed by atoms with van der Waals surface area (Å²) >= 11 is 1.94. The SMILES string of the molecule is CN=C(NCc1cccc(OCC(N)=O)c1)NC1CCC(SC)C1.I. The van der Waals surface area contributed by atoms with E-state index in [0.717, 1.165) is 16.8 Å². The summed E-state index contributed by atoms with van der Waals surface area (Å²) in [6.07, 6.45) is 5.80. The first-order valence-electron chi connectivity index (χ1n) is 8.10. The van der Waals surface area contributed by atoms with Gasteiger partial charge in [-0.25, -0.2) is 0 Å². The number of rotatable bonds is 7. The van der Waals surface area contributed by atoms with Crippen molar-refractivity contribution in [1.29, 1.82) is 0 Å². The molecule has 2 atom stereocenters. The van der Waals surface area contributed by atoms with Gasteiger partial charge in [0.1, 0.15) is 5.75 Å². The molecule has 1 aromatic carbocycles. The molecule has 0 heterocycles. The second-order valence-electron chi connectivity index (χ2n) is 5.84. The zero-order valence-corrected chi connectivity index (χ0v) is 17.8. The minimum Gasteiger partial charge on any atom is -0.484 e. The minimum atomic E-state index is -0.483. The molecule has 2 rings (SSSR count). The molecule has 1 aliphatic carbocycles. The minimum absolute atomic E-state index is 0. The van der Waals surface area contributed by atoms with Crippen LogP contribution in [0.25, 0.3) is 0 Å². The van der Waals surface area contributed by atoms with Crippen molar-refractivity contribution in [2.45, 2.75) is 37.1 Å². The van der Waals surface area contributed by atoms with Gasteiger partial charge in [-0.05, 0) is 43.2 Å². The van der Waals surface area contributed by atoms with E-state index in [2.05, 4.69) is 21.9 Å². The van der Waals surface area contributed by atoms with Gasteiger partial charge in [0.15, 0.2) is 12.6 Å². The predicted octanol–water partition coefficient (Wildman–Crippen LogP) is 2.12. The second-order valence-corrected chi connectivity index (χ2v) is 6.98. The number of carbonyl (C=O) groups is 1. The smallest absolute Gasteiger partial charge is 0.255 e. The van der Waals surface area contributed by atoms with Crippen molar-refractivity contribution in [3.05, 3.63) is 29.8 Å². The van der Waals surface area contributed by atoms with E-state index >= 15 is 0 Å². The molecule has 0 radical (unpaired) electrons. The van der Waals surface area contributed by atoms with Crippen molar-refractivity contribution in [3.63, 3.8) is 0 Å². The summed E-state index contributed by atoms with van der Waals surface area (Å²) < 4.78 is 5.32. The molecule has 25 heavy (non-hydrogen) atoms. The molecule has 6 nitrogen and oxygen atoms in total. The molecular weight excluding hydrogens is 451 g/mol. The lowest BCUT2D eigenvalue weighted by molar-refractivity contribution is -0.119. The van der Waals surface area contributed by atoms with E-state index in [0.29, 0.717) is 18.3 Å². The predicted molar refractivity (Wildman–Crippen MR) is 115 cm³/mol. The van der Waals surface area contributed by atoms with Crippen molar-refractivity contribution in [1.82, 2.24) is 10.6 Å². The van der Waals surface area contributed by atoms with E-state index in [4.69, 9.17) is 10.5 Å². The third kappa shape index (κ3) is 7.72. The fourth-order valence-corrected chi connectivity index (χ4v) is 3.56. The van der Waals surface area contributed by atoms with Gasteiger partial charge in [0.05, 0.1) is 0 Å². The fraction of sp³-hybridized carbons (Fsp3) is 0.529. The van der Waals surface area contributed by atoms with Gasteiger partial charge < -0.3 is 21.1 Å². The highest BCUT2D eigenvalue weighted by Crippen LogP contribution is 2.28. The number of guanidine groups is 1. The maximum absolute atomic E-state index is 10.8. The average Bonchev–Trinajstić information content (AvgIpc) is 3.04. The van der Waals surface area contributed by atoms with E-state index in [-0.39, 0.29) is 30.6 Å². The number of primary amides is 1. The van der Waals surface area contributed by atoms with E-state index < -0.39 is 5.91 Å². The van der Waals surface area contributed by atoms with Crippen LogP contribution in [0.1, 0.15) is 24.8 Å². The van der Waals surface area contributed by atoms with Crippen LogP contribution in [-0.4, -0.2) is 43.1 Å². The standard InChI is InChI=1S/C17H26N4O2S.HI/c1-19-17(21-13-6-7-15(9-13)24-2)20-10-12-4-3-5-14(8-12)23-11-16(18)22;/h3-5,8,13,15H,6-7,9-11H2,1-2H3,(H2,18,22)(H2,19,20,21);1H. The maximum Gasteiger partial charge on any atom is 0.255 e. The van der Waals surface area contributed by atoms with Crippen LogP contribution in [0.4, 0.5) is 0 Å². The molecule has 1 fully saturated rings. The molecule has 1 amide bonds. The second kappa shape index (κ2) is 11.5. The number of nitrogens with one attached hydrogen (secondary N) is 2. The van der Waals surface area contributed by atoms with Gasteiger partial charge in [-0.15, -0.1) is 24.0 Å². The highest BCUT2D eigenvalue weighted by atomic mass is 127. The van der Waals surface area contributed by atoms with Crippen LogP contribution < -0.4 is 21.1 Å². The number of hydrogen-bond donors (Lipinski definition) is 3. The van der Waals surface area contributed by atoms with Gasteiger partial charge in [0, 0.05) is 24.9 Å². The average molecular weight is 478 g/mol. The molecule has 1 aliphatic rings. The quantitative estimate of drug-likeness (QED) is 0.318. The normalized spacial score (nSPS) is 19.8. The highest BCUT2D eigenvalue weighted by Gasteiger charge is 2.24. The van der Waals surface area contributed by atoms with Crippen LogP contribution in [0, 0.1) is 0 Å². The number of hydrogen-bond acceptors (Lipinski definition) is 4. The summed E-state index contributed by atoms with van der Waals surface area (Å²) in [6, 6.07) is 8.07. The van der Waals surface area contributed by atoms with Crippen molar-refractivity contribution in [2.24, 2.45) is 10.7 Å². The van der Waals surface area contributed by atoms with Crippen LogP contribution >= 0.6 is 35.7 Å². The summed E-state index contributed by atoms with van der Waals surface area (Å²) in [5.41, 5.74) is 6.14. The first-order valence-corrected chi connectivity index (χ1v) is 9.39. The van der Waals surface area contributed by atoms with Crippen LogP contribution in [0.5, 0.6) is 5.75 Å². The van der Waals surface area contributed by atoms with E-state index in [9.17, 15) is 4.79 Å². The molecule has 0 aromatic heterocycles. The van der Waals surface area contributed by atoms with Crippen molar-refractivity contribution < 1.29 is 9.53 Å². The van der Waals surface area contributed by atoms with Crippen molar-refractivity contribution in [2.75, 3.05) is 19.9 Å². The van der Waals surface area contributed by atoms with Gasteiger partial charge in [-0.1, -0.05) is 12.1 Å². The monoisotopic (exact) mass is 478 g/mol. The molecule has 2 unspecified atom stereocenters. The Morgan fingerprint density at radius 1 is 1.44 bits per heavy atom. The number of carbonyl (C=O) groups excluding carboxylic acids is 1. The largest absolute Gasteiger partial charge is 0.484 e. The maximum atomic E-state index is 10.8. The summed E-state index contributed by atoms with van der Waals surface area (Å²) in [5.74, 6) is 0.961. The Bertz CT molecular complexity index is 586. The Morgan fingerprint density at radius 3 is 2.88 bits per heavy atom. The molecular formula is C17H27IN4O2S. The molecule has 8 heteroatoms. The molecule has 0 bridgehead atoms. The number of amides is 1. The highest BCUT2D eigenvalue weighted by molar-refractivity contribution is 14.0. The number of nitrogens with zero attached hydrogens (tertiary/aromatic N) is 1. The topological polar surface area (TPSA) is 88.7 Å². The lowest BCUT2D eigenvalue weighted by Gasteiger charge is -2.17. The summed E-state index contributed by atoms with van der Waals surface area (Å²) in [7, 11) is 1.78. The number of thioether (sulfide) groups is 1. The summed E-state index contributed by atoms with van der Waals surface area (Å²) in [6.45, 7) is 0.518. The first-order chi connectivity index (χ1) is 11.6. The van der Waals surface area contributed by atoms with Gasteiger partial charge in [0.25, 0.3) is 5.91 Å². The number of halogens is 1. The van der Waals surface area contributed by atoms with Crippen LogP contribution in [-0.2, 0) is 11.3 Å². The number of ether oxygens (including phenoxy) is 1. The van der Waals surface area contributed by atoms with E-state index in [1.165, 1.54) is 19.3 Å². The zero-order valence-electron chi connectivity index (χ0n) is 14.7. The molecule has 140 valence electrons. The lowest BCUT2D eigenvalue weighted by atomic mass is 10.2. The third-order valence-electron chi connectivity index (χ3n) is 4.02. The van der Waals surface area contributed by atoms with Crippen LogP contribution in [0.3, 0.4) is 0 Å². The molecule has 1 saturated carbocycles. The molecule has 4 N–H and O–H groups in total. The van der Waals surface area contributed by atoms with Crippen LogP contribution in [0.2, 0.25) is 0 Å². The van der Waals surface area contributed by atoms with E-state index in [1.54, 1.807) is 13.1 Å². The number of benzene rings is 1. The zero-order chi connectivity index (χ0) is 17.4. The summed E-state index contributed by atoms with van der Waals surface area (Å²) in [5, 5.41) is 7.56. The Hall–Kier alpha value is -1.16. The van der Waals surface area contributed by atoms with E-state index in [1.807, 2.05) is 30.0 Å². The lowest BCUT2D eigenvalue weighted by Crippen LogP contribution is -2.42. The molecule has 1 aromatic rings. The number of nitrogens with two attached hydrogens (primary N) is 1. The number of aliphatic imine (C=N–C) groups is 1. The Kier molecular flexibility index (Phi) is 10.0. The van der Waals surface area contributed by atoms with Crippen molar-refractivity contribution >= 4 is 47.6 Å². The fourth-order valence-electron chi connectivity index (χ4n) is 2.76.